The lowest BCUT2D eigenvalue weighted by molar-refractivity contribution is 0.624. The smallest absolute Gasteiger partial charge is 0.252 e. The number of hydrogen-bond acceptors (Lipinski definition) is 2. The summed E-state index contributed by atoms with van der Waals surface area (Å²) in [5.41, 5.74) is 5.04. The van der Waals surface area contributed by atoms with Crippen LogP contribution in [0, 0.1) is 12.7 Å². The number of H-pyrrole nitrogens is 1. The van der Waals surface area contributed by atoms with Gasteiger partial charge in [0, 0.05) is 5.56 Å². The summed E-state index contributed by atoms with van der Waals surface area (Å²) in [6, 6.07) is 1.11. The molecule has 0 aliphatic carbocycles. The molecule has 0 saturated heterocycles. The number of rotatable bonds is 0. The fourth-order valence-electron chi connectivity index (χ4n) is 0.614. The van der Waals surface area contributed by atoms with Crippen LogP contribution in [0.15, 0.2) is 10.9 Å². The lowest BCUT2D eigenvalue weighted by Crippen LogP contribution is -2.12. The molecule has 1 heterocycles. The van der Waals surface area contributed by atoms with Crippen LogP contribution in [0.5, 0.6) is 0 Å². The van der Waals surface area contributed by atoms with Crippen molar-refractivity contribution in [3.63, 3.8) is 0 Å². The van der Waals surface area contributed by atoms with E-state index in [9.17, 15) is 9.18 Å². The van der Waals surface area contributed by atoms with Crippen molar-refractivity contribution < 1.29 is 4.39 Å². The monoisotopic (exact) mass is 142 g/mol. The van der Waals surface area contributed by atoms with E-state index in [1.165, 1.54) is 6.92 Å². The zero-order valence-electron chi connectivity index (χ0n) is 5.44. The second kappa shape index (κ2) is 2.13. The molecule has 1 aromatic heterocycles. The quantitative estimate of drug-likeness (QED) is 0.551. The first kappa shape index (κ1) is 6.80. The van der Waals surface area contributed by atoms with Crippen molar-refractivity contribution in [3.8, 4) is 0 Å². The Kier molecular flexibility index (Phi) is 1.45. The van der Waals surface area contributed by atoms with Crippen molar-refractivity contribution in [1.82, 2.24) is 4.98 Å². The Labute approximate surface area is 56.7 Å². The van der Waals surface area contributed by atoms with Crippen LogP contribution >= 0.6 is 0 Å². The average Bonchev–Trinajstić information content (AvgIpc) is 1.84. The molecule has 1 rings (SSSR count). The highest BCUT2D eigenvalue weighted by Crippen LogP contribution is 2.02. The average molecular weight is 142 g/mol. The fourth-order valence-corrected chi connectivity index (χ4v) is 0.614. The molecular weight excluding hydrogens is 135 g/mol. The molecule has 0 fully saturated rings. The fraction of sp³-hybridized carbons (Fsp3) is 0.167. The lowest BCUT2D eigenvalue weighted by atomic mass is 10.3. The minimum Gasteiger partial charge on any atom is -0.383 e. The number of hydrogen-bond donors (Lipinski definition) is 2. The summed E-state index contributed by atoms with van der Waals surface area (Å²) in [6.07, 6.45) is 0. The zero-order chi connectivity index (χ0) is 7.72. The molecule has 0 amide bonds. The van der Waals surface area contributed by atoms with Gasteiger partial charge in [-0.3, -0.25) is 4.79 Å². The normalized spacial score (nSPS) is 9.80. The molecule has 0 unspecified atom stereocenters. The summed E-state index contributed by atoms with van der Waals surface area (Å²) in [4.78, 5) is 12.8. The maximum absolute atomic E-state index is 12.5. The number of nitrogens with two attached hydrogens (primary N) is 1. The van der Waals surface area contributed by atoms with Crippen LogP contribution in [0.1, 0.15) is 5.56 Å². The van der Waals surface area contributed by atoms with Crippen LogP contribution in [0.3, 0.4) is 0 Å². The van der Waals surface area contributed by atoms with E-state index in [0.717, 1.165) is 6.07 Å². The largest absolute Gasteiger partial charge is 0.383 e. The Hall–Kier alpha value is -1.32. The van der Waals surface area contributed by atoms with E-state index in [0.29, 0.717) is 5.56 Å². The molecule has 3 nitrogen and oxygen atoms in total. The SMILES string of the molecule is Cc1cc(F)c(N)[nH]c1=O. The van der Waals surface area contributed by atoms with Gasteiger partial charge in [0.1, 0.15) is 5.82 Å². The lowest BCUT2D eigenvalue weighted by Gasteiger charge is -1.95. The summed E-state index contributed by atoms with van der Waals surface area (Å²) in [7, 11) is 0. The number of nitrogens with one attached hydrogen (secondary N) is 1. The number of pyridine rings is 1. The van der Waals surface area contributed by atoms with Gasteiger partial charge < -0.3 is 10.7 Å². The van der Waals surface area contributed by atoms with Crippen molar-refractivity contribution in [2.45, 2.75) is 6.92 Å². The number of anilines is 1. The highest BCUT2D eigenvalue weighted by atomic mass is 19.1. The molecule has 0 aliphatic rings. The van der Waals surface area contributed by atoms with Gasteiger partial charge in [0.05, 0.1) is 0 Å². The Morgan fingerprint density at radius 3 is 2.80 bits per heavy atom. The Bertz CT molecular complexity index is 305. The molecule has 0 bridgehead atoms. The third kappa shape index (κ3) is 1.00. The van der Waals surface area contributed by atoms with Crippen LogP contribution in [0.2, 0.25) is 0 Å². The van der Waals surface area contributed by atoms with Crippen LogP contribution in [0.25, 0.3) is 0 Å². The minimum atomic E-state index is -0.586. The molecule has 0 saturated carbocycles. The summed E-state index contributed by atoms with van der Waals surface area (Å²) in [6.45, 7) is 1.52. The maximum atomic E-state index is 12.5. The van der Waals surface area contributed by atoms with Gasteiger partial charge in [0.2, 0.25) is 0 Å². The molecule has 0 spiro atoms. The van der Waals surface area contributed by atoms with E-state index >= 15 is 0 Å². The molecule has 0 radical (unpaired) electrons. The summed E-state index contributed by atoms with van der Waals surface area (Å²) in [5.74, 6) is -0.798. The number of aryl methyl sites for hydroxylation is 1. The van der Waals surface area contributed by atoms with Crippen molar-refractivity contribution >= 4 is 5.82 Å². The zero-order valence-corrected chi connectivity index (χ0v) is 5.44. The molecule has 3 N–H and O–H groups in total. The number of nitrogen functional groups attached to an aromatic ring is 1. The number of aromatic amines is 1. The van der Waals surface area contributed by atoms with Gasteiger partial charge in [-0.1, -0.05) is 0 Å². The minimum absolute atomic E-state index is 0.212. The van der Waals surface area contributed by atoms with Gasteiger partial charge in [-0.15, -0.1) is 0 Å². The topological polar surface area (TPSA) is 58.9 Å². The van der Waals surface area contributed by atoms with Crippen LogP contribution in [-0.2, 0) is 0 Å². The first-order chi connectivity index (χ1) is 4.61. The van der Waals surface area contributed by atoms with E-state index in [4.69, 9.17) is 5.73 Å². The van der Waals surface area contributed by atoms with E-state index in [-0.39, 0.29) is 11.4 Å². The van der Waals surface area contributed by atoms with Gasteiger partial charge in [0.15, 0.2) is 5.82 Å². The molecule has 0 aliphatic heterocycles. The standard InChI is InChI=1S/C6H7FN2O/c1-3-2-4(7)5(8)9-6(3)10/h2H,1H3,(H3,8,9,10). The predicted octanol–water partition coefficient (Wildman–Crippen LogP) is 0.405. The third-order valence-electron chi connectivity index (χ3n) is 1.21. The number of aromatic nitrogens is 1. The molecule has 0 atom stereocenters. The van der Waals surface area contributed by atoms with Gasteiger partial charge in [-0.2, -0.15) is 0 Å². The number of halogens is 1. The Morgan fingerprint density at radius 1 is 1.70 bits per heavy atom. The first-order valence-electron chi connectivity index (χ1n) is 2.76. The summed E-state index contributed by atoms with van der Waals surface area (Å²) >= 11 is 0. The predicted molar refractivity (Wildman–Crippen MR) is 36.2 cm³/mol. The maximum Gasteiger partial charge on any atom is 0.252 e. The van der Waals surface area contributed by atoms with Crippen LogP contribution in [0.4, 0.5) is 10.2 Å². The van der Waals surface area contributed by atoms with Crippen LogP contribution in [-0.4, -0.2) is 4.98 Å². The Balaban J connectivity index is 3.43. The molecule has 10 heavy (non-hydrogen) atoms. The van der Waals surface area contributed by atoms with E-state index in [1.807, 2.05) is 0 Å². The van der Waals surface area contributed by atoms with Crippen molar-refractivity contribution in [2.24, 2.45) is 0 Å². The van der Waals surface area contributed by atoms with E-state index in [2.05, 4.69) is 4.98 Å². The van der Waals surface area contributed by atoms with E-state index < -0.39 is 5.82 Å². The van der Waals surface area contributed by atoms with Crippen molar-refractivity contribution in [3.05, 3.63) is 27.8 Å². The summed E-state index contributed by atoms with van der Waals surface area (Å²) in [5, 5.41) is 0. The first-order valence-corrected chi connectivity index (χ1v) is 2.76. The molecule has 0 aromatic carbocycles. The van der Waals surface area contributed by atoms with Gasteiger partial charge >= 0.3 is 0 Å². The van der Waals surface area contributed by atoms with Crippen molar-refractivity contribution in [2.75, 3.05) is 5.73 Å². The second-order valence-corrected chi connectivity index (χ2v) is 2.04. The molecule has 54 valence electrons. The van der Waals surface area contributed by atoms with Crippen molar-refractivity contribution in [1.29, 1.82) is 0 Å². The third-order valence-corrected chi connectivity index (χ3v) is 1.21. The van der Waals surface area contributed by atoms with Gasteiger partial charge in [0.25, 0.3) is 5.56 Å². The van der Waals surface area contributed by atoms with Gasteiger partial charge in [-0.25, -0.2) is 4.39 Å². The second-order valence-electron chi connectivity index (χ2n) is 2.04. The van der Waals surface area contributed by atoms with Crippen LogP contribution < -0.4 is 11.3 Å². The van der Waals surface area contributed by atoms with E-state index in [1.54, 1.807) is 0 Å². The Morgan fingerprint density at radius 2 is 2.30 bits per heavy atom. The summed E-state index contributed by atoms with van der Waals surface area (Å²) < 4.78 is 12.5. The van der Waals surface area contributed by atoms with Gasteiger partial charge in [-0.05, 0) is 13.0 Å². The highest BCUT2D eigenvalue weighted by molar-refractivity contribution is 5.31. The molecule has 1 aromatic rings. The molecule has 4 heteroatoms. The molecular formula is C6H7FN2O. The highest BCUT2D eigenvalue weighted by Gasteiger charge is 1.99.